The van der Waals surface area contributed by atoms with Gasteiger partial charge in [-0.2, -0.15) is 0 Å². The van der Waals surface area contributed by atoms with Crippen molar-refractivity contribution in [2.75, 3.05) is 0 Å². The molecule has 0 N–H and O–H groups in total. The number of hydrogen-bond donors (Lipinski definition) is 0. The van der Waals surface area contributed by atoms with Crippen molar-refractivity contribution in [3.63, 3.8) is 0 Å². The van der Waals surface area contributed by atoms with E-state index in [9.17, 15) is 0 Å². The number of halogens is 1. The second-order valence-electron chi connectivity index (χ2n) is 4.70. The van der Waals surface area contributed by atoms with Crippen LogP contribution in [0.2, 0.25) is 0 Å². The van der Waals surface area contributed by atoms with Gasteiger partial charge in [0.1, 0.15) is 11.5 Å². The predicted octanol–water partition coefficient (Wildman–Crippen LogP) is 5.13. The maximum atomic E-state index is 6.21. The molecule has 1 aliphatic heterocycles. The van der Waals surface area contributed by atoms with Gasteiger partial charge in [-0.05, 0) is 47.3 Å². The first-order chi connectivity index (χ1) is 9.15. The molecule has 4 heteroatoms. The molecular weight excluding hydrogens is 279 g/mol. The summed E-state index contributed by atoms with van der Waals surface area (Å²) in [7, 11) is -1.47. The van der Waals surface area contributed by atoms with Crippen LogP contribution in [0.1, 0.15) is 22.3 Å². The lowest BCUT2D eigenvalue weighted by molar-refractivity contribution is 0.490. The SMILES string of the molecule is Cc1cccc2c1OP(Cl)Oc1c(C)cccc1C2. The molecule has 0 saturated carbocycles. The highest BCUT2D eigenvalue weighted by Gasteiger charge is 2.22. The van der Waals surface area contributed by atoms with Crippen molar-refractivity contribution in [1.29, 1.82) is 0 Å². The Bertz CT molecular complexity index is 574. The third-order valence-electron chi connectivity index (χ3n) is 3.29. The molecular formula is C15H14ClO2P. The Hall–Kier alpha value is -1.24. The Morgan fingerprint density at radius 2 is 1.37 bits per heavy atom. The molecule has 2 aromatic rings. The maximum absolute atomic E-state index is 6.21. The lowest BCUT2D eigenvalue weighted by Gasteiger charge is -2.23. The minimum Gasteiger partial charge on any atom is -0.427 e. The van der Waals surface area contributed by atoms with Gasteiger partial charge in [-0.25, -0.2) is 0 Å². The van der Waals surface area contributed by atoms with Gasteiger partial charge in [-0.3, -0.25) is 0 Å². The number of para-hydroxylation sites is 2. The topological polar surface area (TPSA) is 18.5 Å². The van der Waals surface area contributed by atoms with Crippen LogP contribution in [0.15, 0.2) is 36.4 Å². The van der Waals surface area contributed by atoms with E-state index >= 15 is 0 Å². The largest absolute Gasteiger partial charge is 0.427 e. The van der Waals surface area contributed by atoms with Crippen molar-refractivity contribution < 1.29 is 9.05 Å². The maximum Gasteiger partial charge on any atom is 0.401 e. The van der Waals surface area contributed by atoms with E-state index < -0.39 is 7.73 Å². The van der Waals surface area contributed by atoms with E-state index in [1.807, 2.05) is 38.1 Å². The van der Waals surface area contributed by atoms with Gasteiger partial charge in [-0.1, -0.05) is 36.4 Å². The van der Waals surface area contributed by atoms with Crippen molar-refractivity contribution in [3.05, 3.63) is 58.7 Å². The van der Waals surface area contributed by atoms with Crippen LogP contribution in [0.5, 0.6) is 11.5 Å². The summed E-state index contributed by atoms with van der Waals surface area (Å²) < 4.78 is 11.6. The van der Waals surface area contributed by atoms with Crippen LogP contribution < -0.4 is 9.05 Å². The minimum absolute atomic E-state index is 0.800. The van der Waals surface area contributed by atoms with Gasteiger partial charge in [0, 0.05) is 6.42 Å². The molecule has 0 saturated heterocycles. The Morgan fingerprint density at radius 3 is 1.84 bits per heavy atom. The first-order valence-corrected chi connectivity index (χ1v) is 8.22. The predicted molar refractivity (Wildman–Crippen MR) is 79.2 cm³/mol. The first kappa shape index (κ1) is 12.8. The van der Waals surface area contributed by atoms with Gasteiger partial charge in [0.2, 0.25) is 0 Å². The summed E-state index contributed by atoms with van der Waals surface area (Å²) >= 11 is 6.21. The Balaban J connectivity index is 2.15. The quantitative estimate of drug-likeness (QED) is 0.627. The Kier molecular flexibility index (Phi) is 3.38. The second kappa shape index (κ2) is 5.03. The lowest BCUT2D eigenvalue weighted by atomic mass is 9.99. The summed E-state index contributed by atoms with van der Waals surface area (Å²) in [5.41, 5.74) is 4.49. The lowest BCUT2D eigenvalue weighted by Crippen LogP contribution is -2.04. The number of benzene rings is 2. The molecule has 0 aromatic heterocycles. The highest BCUT2D eigenvalue weighted by atomic mass is 35.7. The average Bonchev–Trinajstić information content (AvgIpc) is 2.35. The van der Waals surface area contributed by atoms with Crippen LogP contribution in [0.25, 0.3) is 0 Å². The standard InChI is InChI=1S/C15H14ClO2P/c1-10-5-3-7-12-9-13-8-4-6-11(2)15(13)18-19(16)17-14(10)12/h3-8H,9H2,1-2H3. The van der Waals surface area contributed by atoms with Crippen LogP contribution >= 0.6 is 19.0 Å². The summed E-state index contributed by atoms with van der Waals surface area (Å²) in [4.78, 5) is 0. The molecule has 0 fully saturated rings. The van der Waals surface area contributed by atoms with Crippen molar-refractivity contribution in [2.24, 2.45) is 0 Å². The fourth-order valence-corrected chi connectivity index (χ4v) is 3.59. The normalized spacial score (nSPS) is 14.5. The molecule has 0 atom stereocenters. The van der Waals surface area contributed by atoms with Crippen LogP contribution in [0.3, 0.4) is 0 Å². The van der Waals surface area contributed by atoms with Gasteiger partial charge in [0.25, 0.3) is 0 Å². The fourth-order valence-electron chi connectivity index (χ4n) is 2.33. The van der Waals surface area contributed by atoms with E-state index in [-0.39, 0.29) is 0 Å². The van der Waals surface area contributed by atoms with E-state index in [0.29, 0.717) is 0 Å². The second-order valence-corrected chi connectivity index (χ2v) is 6.32. The van der Waals surface area contributed by atoms with Gasteiger partial charge >= 0.3 is 7.73 Å². The molecule has 3 rings (SSSR count). The van der Waals surface area contributed by atoms with Crippen LogP contribution in [-0.2, 0) is 6.42 Å². The third kappa shape index (κ3) is 2.43. The summed E-state index contributed by atoms with van der Waals surface area (Å²) in [5, 5.41) is 0. The first-order valence-electron chi connectivity index (χ1n) is 6.14. The highest BCUT2D eigenvalue weighted by molar-refractivity contribution is 7.76. The molecule has 0 unspecified atom stereocenters. The number of aryl methyl sites for hydroxylation is 2. The van der Waals surface area contributed by atoms with Crippen molar-refractivity contribution >= 4 is 19.0 Å². The van der Waals surface area contributed by atoms with E-state index in [1.54, 1.807) is 0 Å². The van der Waals surface area contributed by atoms with Crippen LogP contribution in [-0.4, -0.2) is 0 Å². The molecule has 0 radical (unpaired) electrons. The molecule has 0 bridgehead atoms. The zero-order chi connectivity index (χ0) is 13.4. The smallest absolute Gasteiger partial charge is 0.401 e. The highest BCUT2D eigenvalue weighted by Crippen LogP contribution is 2.50. The summed E-state index contributed by atoms with van der Waals surface area (Å²) in [6, 6.07) is 12.3. The molecule has 0 spiro atoms. The van der Waals surface area contributed by atoms with Crippen molar-refractivity contribution in [1.82, 2.24) is 0 Å². The summed E-state index contributed by atoms with van der Waals surface area (Å²) in [6.45, 7) is 4.05. The monoisotopic (exact) mass is 292 g/mol. The summed E-state index contributed by atoms with van der Waals surface area (Å²) in [6.07, 6.45) is 0.800. The molecule has 98 valence electrons. The minimum atomic E-state index is -1.47. The zero-order valence-electron chi connectivity index (χ0n) is 10.8. The van der Waals surface area contributed by atoms with Crippen molar-refractivity contribution in [2.45, 2.75) is 20.3 Å². The van der Waals surface area contributed by atoms with Gasteiger partial charge in [0.15, 0.2) is 0 Å². The van der Waals surface area contributed by atoms with Gasteiger partial charge in [-0.15, -0.1) is 0 Å². The number of fused-ring (bicyclic) bond motifs is 2. The number of rotatable bonds is 0. The van der Waals surface area contributed by atoms with E-state index in [2.05, 4.69) is 12.1 Å². The third-order valence-corrected chi connectivity index (χ3v) is 4.36. The molecule has 1 heterocycles. The zero-order valence-corrected chi connectivity index (χ0v) is 12.5. The molecule has 0 amide bonds. The van der Waals surface area contributed by atoms with Gasteiger partial charge < -0.3 is 9.05 Å². The molecule has 2 nitrogen and oxygen atoms in total. The fraction of sp³-hybridized carbons (Fsp3) is 0.200. The Morgan fingerprint density at radius 1 is 0.895 bits per heavy atom. The van der Waals surface area contributed by atoms with E-state index in [1.165, 1.54) is 0 Å². The van der Waals surface area contributed by atoms with E-state index in [0.717, 1.165) is 40.2 Å². The van der Waals surface area contributed by atoms with Crippen LogP contribution in [0.4, 0.5) is 0 Å². The number of hydrogen-bond acceptors (Lipinski definition) is 2. The van der Waals surface area contributed by atoms with Crippen LogP contribution in [0, 0.1) is 13.8 Å². The molecule has 2 aromatic carbocycles. The molecule has 1 aliphatic rings. The van der Waals surface area contributed by atoms with E-state index in [4.69, 9.17) is 20.3 Å². The molecule has 0 aliphatic carbocycles. The summed E-state index contributed by atoms with van der Waals surface area (Å²) in [5.74, 6) is 1.71. The Labute approximate surface area is 119 Å². The van der Waals surface area contributed by atoms with Gasteiger partial charge in [0.05, 0.1) is 0 Å². The van der Waals surface area contributed by atoms with Crippen molar-refractivity contribution in [3.8, 4) is 11.5 Å². The average molecular weight is 293 g/mol. The molecule has 19 heavy (non-hydrogen) atoms.